The fourth-order valence-electron chi connectivity index (χ4n) is 2.64. The fourth-order valence-corrected chi connectivity index (χ4v) is 5.93. The molecule has 0 aliphatic carbocycles. The summed E-state index contributed by atoms with van der Waals surface area (Å²) in [6.07, 6.45) is 0. The summed E-state index contributed by atoms with van der Waals surface area (Å²) < 4.78 is 27.8. The van der Waals surface area contributed by atoms with Gasteiger partial charge in [0.05, 0.1) is 11.7 Å². The van der Waals surface area contributed by atoms with Crippen LogP contribution in [0.5, 0.6) is 0 Å². The van der Waals surface area contributed by atoms with E-state index < -0.39 is 10.0 Å². The van der Waals surface area contributed by atoms with E-state index in [1.165, 1.54) is 15.6 Å². The normalized spacial score (nSPS) is 19.0. The van der Waals surface area contributed by atoms with Crippen molar-refractivity contribution >= 4 is 45.4 Å². The number of halogens is 2. The van der Waals surface area contributed by atoms with Crippen LogP contribution in [0.15, 0.2) is 28.6 Å². The van der Waals surface area contributed by atoms with Crippen molar-refractivity contribution in [3.63, 3.8) is 0 Å². The van der Waals surface area contributed by atoms with Gasteiger partial charge in [0.2, 0.25) is 4.34 Å². The molecule has 5 nitrogen and oxygen atoms in total. The van der Waals surface area contributed by atoms with Gasteiger partial charge in [0.15, 0.2) is 0 Å². The molecule has 1 aromatic carbocycles. The minimum atomic E-state index is -3.64. The Hall–Kier alpha value is -0.700. The number of hydrogen-bond donors (Lipinski definition) is 1. The molecule has 2 aromatic rings. The highest BCUT2D eigenvalue weighted by Gasteiger charge is 2.37. The highest BCUT2D eigenvalue weighted by atomic mass is 35.5. The van der Waals surface area contributed by atoms with Gasteiger partial charge in [0.25, 0.3) is 10.0 Å². The molecule has 9 heteroatoms. The van der Waals surface area contributed by atoms with E-state index in [4.69, 9.17) is 11.6 Å². The van der Waals surface area contributed by atoms with Gasteiger partial charge >= 0.3 is 0 Å². The summed E-state index contributed by atoms with van der Waals surface area (Å²) in [5.41, 5.74) is 1.58. The van der Waals surface area contributed by atoms with Gasteiger partial charge in [-0.3, -0.25) is 0 Å². The monoisotopic (exact) mass is 407 g/mol. The standard InChI is InChI=1S/C15H18ClN3O2S2.ClH/c1-10-11(2)22-15(18-10)23(20,21)19-8-7-17-9-14(19)12-5-3-4-6-13(12)16;/h3-6,14,17H,7-9H2,1-2H3;1H. The van der Waals surface area contributed by atoms with Crippen LogP contribution >= 0.6 is 35.3 Å². The minimum absolute atomic E-state index is 0. The van der Waals surface area contributed by atoms with E-state index in [1.54, 1.807) is 6.07 Å². The van der Waals surface area contributed by atoms with Gasteiger partial charge in [-0.25, -0.2) is 13.4 Å². The lowest BCUT2D eigenvalue weighted by molar-refractivity contribution is 0.271. The molecule has 3 rings (SSSR count). The predicted octanol–water partition coefficient (Wildman–Crippen LogP) is 3.17. The second kappa shape index (κ2) is 7.68. The van der Waals surface area contributed by atoms with Crippen molar-refractivity contribution in [1.82, 2.24) is 14.6 Å². The van der Waals surface area contributed by atoms with Gasteiger partial charge in [-0.05, 0) is 25.5 Å². The Bertz CT molecular complexity index is 804. The lowest BCUT2D eigenvalue weighted by Gasteiger charge is -2.35. The number of sulfonamides is 1. The Morgan fingerprint density at radius 3 is 2.67 bits per heavy atom. The van der Waals surface area contributed by atoms with Crippen LogP contribution in [0.25, 0.3) is 0 Å². The van der Waals surface area contributed by atoms with E-state index in [0.717, 1.165) is 16.1 Å². The molecule has 1 atom stereocenters. The largest absolute Gasteiger partial charge is 0.313 e. The molecule has 0 radical (unpaired) electrons. The van der Waals surface area contributed by atoms with Crippen LogP contribution in [0, 0.1) is 13.8 Å². The molecule has 2 heterocycles. The van der Waals surface area contributed by atoms with Crippen molar-refractivity contribution in [2.75, 3.05) is 19.6 Å². The first-order chi connectivity index (χ1) is 10.9. The Labute approximate surface area is 157 Å². The molecule has 1 aromatic heterocycles. The summed E-state index contributed by atoms with van der Waals surface area (Å²) in [6.45, 7) is 5.26. The molecule has 0 amide bonds. The van der Waals surface area contributed by atoms with Crippen LogP contribution in [0.2, 0.25) is 5.02 Å². The minimum Gasteiger partial charge on any atom is -0.313 e. The van der Waals surface area contributed by atoms with Crippen molar-refractivity contribution < 1.29 is 8.42 Å². The lowest BCUT2D eigenvalue weighted by atomic mass is 10.1. The van der Waals surface area contributed by atoms with E-state index in [9.17, 15) is 8.42 Å². The number of piperazine rings is 1. The van der Waals surface area contributed by atoms with E-state index in [-0.39, 0.29) is 22.8 Å². The SMILES string of the molecule is Cc1nc(S(=O)(=O)N2CCNCC2c2ccccc2Cl)sc1C.Cl. The Morgan fingerprint density at radius 1 is 1.33 bits per heavy atom. The van der Waals surface area contributed by atoms with Gasteiger partial charge in [-0.2, -0.15) is 4.31 Å². The number of thiazole rings is 1. The van der Waals surface area contributed by atoms with Crippen molar-refractivity contribution in [1.29, 1.82) is 0 Å². The zero-order valence-electron chi connectivity index (χ0n) is 13.3. The first kappa shape index (κ1) is 19.6. The average Bonchev–Trinajstić information content (AvgIpc) is 2.88. The topological polar surface area (TPSA) is 62.3 Å². The Morgan fingerprint density at radius 2 is 2.04 bits per heavy atom. The van der Waals surface area contributed by atoms with Crippen LogP contribution < -0.4 is 5.32 Å². The van der Waals surface area contributed by atoms with Gasteiger partial charge in [-0.15, -0.1) is 23.7 Å². The molecule has 132 valence electrons. The second-order valence-electron chi connectivity index (χ2n) is 5.48. The van der Waals surface area contributed by atoms with Crippen LogP contribution in [0.4, 0.5) is 0 Å². The number of nitrogens with zero attached hydrogens (tertiary/aromatic N) is 2. The summed E-state index contributed by atoms with van der Waals surface area (Å²) in [5.74, 6) is 0. The van der Waals surface area contributed by atoms with Crippen molar-refractivity contribution in [3.05, 3.63) is 45.4 Å². The number of nitrogens with one attached hydrogen (secondary N) is 1. The number of rotatable bonds is 3. The highest BCUT2D eigenvalue weighted by Crippen LogP contribution is 2.34. The number of aromatic nitrogens is 1. The van der Waals surface area contributed by atoms with Crippen LogP contribution in [0.3, 0.4) is 0 Å². The van der Waals surface area contributed by atoms with Crippen LogP contribution in [0.1, 0.15) is 22.2 Å². The van der Waals surface area contributed by atoms with Gasteiger partial charge in [0, 0.05) is 29.5 Å². The maximum atomic E-state index is 13.1. The van der Waals surface area contributed by atoms with Crippen molar-refractivity contribution in [3.8, 4) is 0 Å². The number of hydrogen-bond acceptors (Lipinski definition) is 5. The summed E-state index contributed by atoms with van der Waals surface area (Å²) in [6, 6.07) is 7.05. The fraction of sp³-hybridized carbons (Fsp3) is 0.400. The number of aryl methyl sites for hydroxylation is 2. The lowest BCUT2D eigenvalue weighted by Crippen LogP contribution is -2.48. The van der Waals surface area contributed by atoms with Gasteiger partial charge in [-0.1, -0.05) is 29.8 Å². The molecular weight excluding hydrogens is 389 g/mol. The molecule has 0 saturated carbocycles. The van der Waals surface area contributed by atoms with Crippen LogP contribution in [-0.4, -0.2) is 37.3 Å². The third-order valence-corrected chi connectivity index (χ3v) is 7.68. The van der Waals surface area contributed by atoms with Crippen molar-refractivity contribution in [2.45, 2.75) is 24.2 Å². The van der Waals surface area contributed by atoms with Gasteiger partial charge in [0.1, 0.15) is 0 Å². The molecule has 1 unspecified atom stereocenters. The Kier molecular flexibility index (Phi) is 6.28. The molecule has 1 aliphatic rings. The van der Waals surface area contributed by atoms with Gasteiger partial charge < -0.3 is 5.32 Å². The smallest absolute Gasteiger partial charge is 0.271 e. The summed E-state index contributed by atoms with van der Waals surface area (Å²) in [4.78, 5) is 5.17. The maximum Gasteiger partial charge on any atom is 0.271 e. The molecule has 0 bridgehead atoms. The van der Waals surface area contributed by atoms with E-state index in [2.05, 4.69) is 10.3 Å². The Balaban J connectivity index is 0.00000208. The third kappa shape index (κ3) is 3.61. The third-order valence-electron chi connectivity index (χ3n) is 4.00. The summed E-state index contributed by atoms with van der Waals surface area (Å²) in [7, 11) is -3.64. The van der Waals surface area contributed by atoms with Crippen molar-refractivity contribution in [2.24, 2.45) is 0 Å². The molecule has 1 saturated heterocycles. The zero-order valence-corrected chi connectivity index (χ0v) is 16.5. The average molecular weight is 408 g/mol. The van der Waals surface area contributed by atoms with E-state index >= 15 is 0 Å². The second-order valence-corrected chi connectivity index (χ2v) is 9.15. The molecule has 24 heavy (non-hydrogen) atoms. The zero-order chi connectivity index (χ0) is 16.6. The quantitative estimate of drug-likeness (QED) is 0.848. The van der Waals surface area contributed by atoms with E-state index in [0.29, 0.717) is 24.7 Å². The van der Waals surface area contributed by atoms with E-state index in [1.807, 2.05) is 32.0 Å². The van der Waals surface area contributed by atoms with Crippen LogP contribution in [-0.2, 0) is 10.0 Å². The molecule has 1 N–H and O–H groups in total. The molecular formula is C15H19Cl2N3O2S2. The number of benzene rings is 1. The summed E-state index contributed by atoms with van der Waals surface area (Å²) >= 11 is 7.51. The highest BCUT2D eigenvalue weighted by molar-refractivity contribution is 7.91. The predicted molar refractivity (Wildman–Crippen MR) is 99.8 cm³/mol. The molecule has 1 aliphatic heterocycles. The first-order valence-corrected chi connectivity index (χ1v) is 9.95. The first-order valence-electron chi connectivity index (χ1n) is 7.32. The summed E-state index contributed by atoms with van der Waals surface area (Å²) in [5, 5.41) is 3.83. The molecule has 0 spiro atoms. The maximum absolute atomic E-state index is 13.1. The molecule has 1 fully saturated rings.